The summed E-state index contributed by atoms with van der Waals surface area (Å²) in [6.07, 6.45) is 0.941. The minimum absolute atomic E-state index is 0.0789. The summed E-state index contributed by atoms with van der Waals surface area (Å²) in [4.78, 5) is 4.64. The molecule has 0 spiro atoms. The highest BCUT2D eigenvalue weighted by molar-refractivity contribution is 5.84. The number of nitrogens with two attached hydrogens (primary N) is 1. The maximum atomic E-state index is 5.91. The van der Waals surface area contributed by atoms with E-state index >= 15 is 0 Å². The van der Waals surface area contributed by atoms with Gasteiger partial charge in [0, 0.05) is 11.1 Å². The number of hydrogen-bond acceptors (Lipinski definition) is 3. The highest BCUT2D eigenvalue weighted by atomic mass is 16.5. The summed E-state index contributed by atoms with van der Waals surface area (Å²) in [7, 11) is 0. The molecular formula is C19H28N2O. The number of fused-ring (bicyclic) bond motifs is 1. The molecule has 120 valence electrons. The van der Waals surface area contributed by atoms with Crippen LogP contribution in [0.1, 0.15) is 39.0 Å². The molecule has 0 saturated carbocycles. The number of benzene rings is 1. The Morgan fingerprint density at radius 3 is 2.59 bits per heavy atom. The quantitative estimate of drug-likeness (QED) is 0.873. The molecule has 0 aliphatic carbocycles. The van der Waals surface area contributed by atoms with Gasteiger partial charge >= 0.3 is 0 Å². The third-order valence-electron chi connectivity index (χ3n) is 3.80. The largest absolute Gasteiger partial charge is 0.493 e. The number of aromatic nitrogens is 1. The van der Waals surface area contributed by atoms with Gasteiger partial charge in [0.2, 0.25) is 0 Å². The summed E-state index contributed by atoms with van der Waals surface area (Å²) < 4.78 is 5.86. The zero-order chi connectivity index (χ0) is 16.3. The van der Waals surface area contributed by atoms with Gasteiger partial charge in [-0.25, -0.2) is 0 Å². The lowest BCUT2D eigenvalue weighted by Gasteiger charge is -2.23. The van der Waals surface area contributed by atoms with Crippen molar-refractivity contribution >= 4 is 10.9 Å². The summed E-state index contributed by atoms with van der Waals surface area (Å²) in [5.41, 5.74) is 9.36. The molecule has 0 fully saturated rings. The first kappa shape index (κ1) is 16.8. The molecule has 2 N–H and O–H groups in total. The molecule has 22 heavy (non-hydrogen) atoms. The zero-order valence-electron chi connectivity index (χ0n) is 14.4. The predicted molar refractivity (Wildman–Crippen MR) is 93.4 cm³/mol. The molecule has 3 heteroatoms. The van der Waals surface area contributed by atoms with Crippen molar-refractivity contribution in [3.63, 3.8) is 0 Å². The predicted octanol–water partition coefficient (Wildman–Crippen LogP) is 4.11. The molecule has 0 amide bonds. The van der Waals surface area contributed by atoms with Gasteiger partial charge in [0.05, 0.1) is 12.1 Å². The standard InChI is InChI=1S/C19H28N2O/c1-13(2)11-22-16-6-7-18-17(9-16)15(8-14(3)21-18)10-19(4,5)12-20/h6-9,13H,10-12,20H2,1-5H3. The summed E-state index contributed by atoms with van der Waals surface area (Å²) >= 11 is 0. The van der Waals surface area contributed by atoms with Crippen molar-refractivity contribution in [2.45, 2.75) is 41.0 Å². The Balaban J connectivity index is 2.42. The van der Waals surface area contributed by atoms with Crippen LogP contribution < -0.4 is 10.5 Å². The van der Waals surface area contributed by atoms with Crippen LogP contribution in [0.25, 0.3) is 10.9 Å². The van der Waals surface area contributed by atoms with Gasteiger partial charge in [0.15, 0.2) is 0 Å². The van der Waals surface area contributed by atoms with Crippen LogP contribution >= 0.6 is 0 Å². The van der Waals surface area contributed by atoms with E-state index in [1.54, 1.807) is 0 Å². The van der Waals surface area contributed by atoms with Crippen molar-refractivity contribution in [2.24, 2.45) is 17.1 Å². The lowest BCUT2D eigenvalue weighted by molar-refractivity contribution is 0.271. The van der Waals surface area contributed by atoms with Crippen LogP contribution in [0.5, 0.6) is 5.75 Å². The van der Waals surface area contributed by atoms with Gasteiger partial charge in [0.1, 0.15) is 5.75 Å². The van der Waals surface area contributed by atoms with E-state index in [1.807, 2.05) is 13.0 Å². The number of hydrogen-bond donors (Lipinski definition) is 1. The summed E-state index contributed by atoms with van der Waals surface area (Å²) in [6.45, 7) is 12.2. The molecule has 1 heterocycles. The van der Waals surface area contributed by atoms with Crippen molar-refractivity contribution in [3.05, 3.63) is 35.5 Å². The lowest BCUT2D eigenvalue weighted by atomic mass is 9.84. The van der Waals surface area contributed by atoms with E-state index in [4.69, 9.17) is 10.5 Å². The second-order valence-electron chi connectivity index (χ2n) is 7.35. The SMILES string of the molecule is Cc1cc(CC(C)(C)CN)c2cc(OCC(C)C)ccc2n1. The van der Waals surface area contributed by atoms with Gasteiger partial charge in [-0.2, -0.15) is 0 Å². The van der Waals surface area contributed by atoms with Gasteiger partial charge in [-0.15, -0.1) is 0 Å². The normalized spacial score (nSPS) is 12.1. The van der Waals surface area contributed by atoms with Crippen LogP contribution in [0.2, 0.25) is 0 Å². The Bertz CT molecular complexity index is 647. The zero-order valence-corrected chi connectivity index (χ0v) is 14.4. The van der Waals surface area contributed by atoms with Crippen molar-refractivity contribution < 1.29 is 4.74 Å². The molecule has 2 aromatic rings. The van der Waals surface area contributed by atoms with Gasteiger partial charge < -0.3 is 10.5 Å². The third kappa shape index (κ3) is 4.20. The monoisotopic (exact) mass is 300 g/mol. The van der Waals surface area contributed by atoms with Gasteiger partial charge in [-0.05, 0) is 61.1 Å². The minimum atomic E-state index is 0.0789. The van der Waals surface area contributed by atoms with Crippen LogP contribution in [-0.2, 0) is 6.42 Å². The van der Waals surface area contributed by atoms with E-state index in [0.29, 0.717) is 12.5 Å². The first-order valence-corrected chi connectivity index (χ1v) is 8.04. The smallest absolute Gasteiger partial charge is 0.120 e. The number of rotatable bonds is 6. The van der Waals surface area contributed by atoms with Gasteiger partial charge in [-0.1, -0.05) is 27.7 Å². The second-order valence-corrected chi connectivity index (χ2v) is 7.35. The van der Waals surface area contributed by atoms with Crippen LogP contribution in [0.4, 0.5) is 0 Å². The summed E-state index contributed by atoms with van der Waals surface area (Å²) in [5, 5.41) is 1.17. The van der Waals surface area contributed by atoms with E-state index in [1.165, 1.54) is 10.9 Å². The third-order valence-corrected chi connectivity index (χ3v) is 3.80. The van der Waals surface area contributed by atoms with Gasteiger partial charge in [-0.3, -0.25) is 4.98 Å². The highest BCUT2D eigenvalue weighted by Crippen LogP contribution is 2.29. The van der Waals surface area contributed by atoms with Crippen molar-refractivity contribution in [1.29, 1.82) is 0 Å². The molecule has 0 unspecified atom stereocenters. The maximum absolute atomic E-state index is 5.91. The number of aryl methyl sites for hydroxylation is 1. The molecule has 0 aliphatic rings. The van der Waals surface area contributed by atoms with Crippen LogP contribution in [0, 0.1) is 18.3 Å². The Kier molecular flexibility index (Phi) is 5.07. The van der Waals surface area contributed by atoms with E-state index < -0.39 is 0 Å². The minimum Gasteiger partial charge on any atom is -0.493 e. The van der Waals surface area contributed by atoms with Crippen LogP contribution in [0.3, 0.4) is 0 Å². The van der Waals surface area contributed by atoms with Gasteiger partial charge in [0.25, 0.3) is 0 Å². The summed E-state index contributed by atoms with van der Waals surface area (Å²) in [6, 6.07) is 8.35. The van der Waals surface area contributed by atoms with Crippen LogP contribution in [0.15, 0.2) is 24.3 Å². The molecule has 0 atom stereocenters. The van der Waals surface area contributed by atoms with Crippen LogP contribution in [-0.4, -0.2) is 18.1 Å². The molecule has 3 nitrogen and oxygen atoms in total. The topological polar surface area (TPSA) is 48.1 Å². The molecule has 1 aromatic heterocycles. The molecule has 1 aromatic carbocycles. The molecule has 2 rings (SSSR count). The lowest BCUT2D eigenvalue weighted by Crippen LogP contribution is -2.26. The van der Waals surface area contributed by atoms with E-state index in [9.17, 15) is 0 Å². The summed E-state index contributed by atoms with van der Waals surface area (Å²) in [5.74, 6) is 1.43. The average molecular weight is 300 g/mol. The Morgan fingerprint density at radius 1 is 1.23 bits per heavy atom. The fraction of sp³-hybridized carbons (Fsp3) is 0.526. The molecule has 0 aliphatic heterocycles. The average Bonchev–Trinajstić information content (AvgIpc) is 2.44. The Labute approximate surface area is 133 Å². The molecule has 0 bridgehead atoms. The highest BCUT2D eigenvalue weighted by Gasteiger charge is 2.18. The number of nitrogens with zero attached hydrogens (tertiary/aromatic N) is 1. The Morgan fingerprint density at radius 2 is 1.95 bits per heavy atom. The first-order valence-electron chi connectivity index (χ1n) is 8.04. The van der Waals surface area contributed by atoms with E-state index in [0.717, 1.165) is 30.0 Å². The van der Waals surface area contributed by atoms with E-state index in [-0.39, 0.29) is 5.41 Å². The molecular weight excluding hydrogens is 272 g/mol. The van der Waals surface area contributed by atoms with Crippen molar-refractivity contribution in [1.82, 2.24) is 4.98 Å². The fourth-order valence-electron chi connectivity index (χ4n) is 2.51. The molecule has 0 saturated heterocycles. The fourth-order valence-corrected chi connectivity index (χ4v) is 2.51. The number of pyridine rings is 1. The first-order chi connectivity index (χ1) is 10.3. The maximum Gasteiger partial charge on any atom is 0.120 e. The second kappa shape index (κ2) is 6.66. The van der Waals surface area contributed by atoms with Crippen molar-refractivity contribution in [3.8, 4) is 5.75 Å². The van der Waals surface area contributed by atoms with E-state index in [2.05, 4.69) is 50.9 Å². The van der Waals surface area contributed by atoms with Crippen molar-refractivity contribution in [2.75, 3.05) is 13.2 Å². The Hall–Kier alpha value is -1.61. The number of ether oxygens (including phenoxy) is 1. The molecule has 0 radical (unpaired) electrons.